The summed E-state index contributed by atoms with van der Waals surface area (Å²) in [7, 11) is 0. The van der Waals surface area contributed by atoms with E-state index in [1.807, 2.05) is 35.0 Å². The molecule has 0 radical (unpaired) electrons. The first-order valence-electron chi connectivity index (χ1n) is 9.81. The van der Waals surface area contributed by atoms with E-state index < -0.39 is 11.6 Å². The van der Waals surface area contributed by atoms with E-state index in [4.69, 9.17) is 4.74 Å². The van der Waals surface area contributed by atoms with Gasteiger partial charge in [0.15, 0.2) is 11.6 Å². The maximum atomic E-state index is 13.7. The van der Waals surface area contributed by atoms with Crippen LogP contribution in [0.3, 0.4) is 0 Å². The van der Waals surface area contributed by atoms with Crippen molar-refractivity contribution in [3.63, 3.8) is 0 Å². The first kappa shape index (κ1) is 19.1. The number of imidazole rings is 1. The number of benzene rings is 1. The highest BCUT2D eigenvalue weighted by Gasteiger charge is 2.16. The van der Waals surface area contributed by atoms with Crippen LogP contribution in [0, 0.1) is 5.82 Å². The van der Waals surface area contributed by atoms with Gasteiger partial charge in [-0.2, -0.15) is 9.97 Å². The van der Waals surface area contributed by atoms with E-state index in [9.17, 15) is 9.50 Å². The van der Waals surface area contributed by atoms with E-state index in [0.29, 0.717) is 43.8 Å². The van der Waals surface area contributed by atoms with Crippen LogP contribution in [0.1, 0.15) is 0 Å². The Balaban J connectivity index is 1.47. The summed E-state index contributed by atoms with van der Waals surface area (Å²) in [5.74, 6) is 0.475. The van der Waals surface area contributed by atoms with Gasteiger partial charge in [-0.15, -0.1) is 0 Å². The van der Waals surface area contributed by atoms with E-state index in [0.717, 1.165) is 17.2 Å². The summed E-state index contributed by atoms with van der Waals surface area (Å²) < 4.78 is 21.1. The monoisotopic (exact) mass is 421 g/mol. The van der Waals surface area contributed by atoms with Crippen LogP contribution >= 0.6 is 0 Å². The van der Waals surface area contributed by atoms with Crippen molar-refractivity contribution in [3.05, 3.63) is 60.8 Å². The minimum absolute atomic E-state index is 0.304. The van der Waals surface area contributed by atoms with Crippen LogP contribution in [0.15, 0.2) is 55.0 Å². The minimum atomic E-state index is -0.722. The van der Waals surface area contributed by atoms with Crippen molar-refractivity contribution >= 4 is 34.6 Å². The van der Waals surface area contributed by atoms with Crippen molar-refractivity contribution in [2.24, 2.45) is 0 Å². The van der Waals surface area contributed by atoms with Crippen LogP contribution in [0.25, 0.3) is 5.65 Å². The number of fused-ring (bicyclic) bond motifs is 1. The van der Waals surface area contributed by atoms with E-state index in [1.54, 1.807) is 12.3 Å². The first-order valence-corrected chi connectivity index (χ1v) is 9.81. The van der Waals surface area contributed by atoms with Gasteiger partial charge in [-0.05, 0) is 18.2 Å². The highest BCUT2D eigenvalue weighted by atomic mass is 19.1. The van der Waals surface area contributed by atoms with Crippen LogP contribution in [-0.2, 0) is 4.74 Å². The van der Waals surface area contributed by atoms with Gasteiger partial charge in [0.25, 0.3) is 0 Å². The largest absolute Gasteiger partial charge is 0.505 e. The number of anilines is 5. The lowest BCUT2D eigenvalue weighted by molar-refractivity contribution is 0.122. The van der Waals surface area contributed by atoms with Crippen LogP contribution in [0.2, 0.25) is 0 Å². The van der Waals surface area contributed by atoms with Gasteiger partial charge in [0.2, 0.25) is 5.95 Å². The Hall–Kier alpha value is -3.92. The van der Waals surface area contributed by atoms with Gasteiger partial charge >= 0.3 is 0 Å². The summed E-state index contributed by atoms with van der Waals surface area (Å²) in [6, 6.07) is 9.74. The molecule has 1 fully saturated rings. The number of pyridine rings is 1. The van der Waals surface area contributed by atoms with Gasteiger partial charge in [0.1, 0.15) is 17.3 Å². The third-order valence-electron chi connectivity index (χ3n) is 4.92. The van der Waals surface area contributed by atoms with Gasteiger partial charge in [0.05, 0.1) is 13.2 Å². The van der Waals surface area contributed by atoms with Crippen LogP contribution in [-0.4, -0.2) is 50.8 Å². The number of halogens is 1. The summed E-state index contributed by atoms with van der Waals surface area (Å²) in [4.78, 5) is 15.5. The lowest BCUT2D eigenvalue weighted by atomic mass is 10.3. The Morgan fingerprint density at radius 2 is 1.81 bits per heavy atom. The van der Waals surface area contributed by atoms with Crippen LogP contribution in [0.4, 0.5) is 33.3 Å². The number of phenolic OH excluding ortho intramolecular Hbond substituents is 1. The van der Waals surface area contributed by atoms with Crippen molar-refractivity contribution in [2.75, 3.05) is 41.8 Å². The predicted octanol–water partition coefficient (Wildman–Crippen LogP) is 3.29. The molecule has 1 saturated heterocycles. The maximum absolute atomic E-state index is 13.7. The Morgan fingerprint density at radius 1 is 0.968 bits per heavy atom. The van der Waals surface area contributed by atoms with E-state index in [1.165, 1.54) is 12.1 Å². The zero-order chi connectivity index (χ0) is 21.2. The molecular weight excluding hydrogens is 401 g/mol. The number of phenols is 1. The first-order chi connectivity index (χ1) is 15.1. The Bertz CT molecular complexity index is 1220. The maximum Gasteiger partial charge on any atom is 0.231 e. The quantitative estimate of drug-likeness (QED) is 0.422. The fraction of sp³-hybridized carbons (Fsp3) is 0.190. The van der Waals surface area contributed by atoms with Gasteiger partial charge in [-0.1, -0.05) is 0 Å². The standard InChI is InChI=1S/C21H20FN7O2/c22-16-11-14(1-2-17(16)30)25-21-26-18(13-20(27-21)29-7-9-31-10-8-29)24-15-3-5-28-6-4-23-19(28)12-15/h1-6,11-13,30H,7-10H2,(H2,24,25,26,27). The molecule has 3 N–H and O–H groups in total. The number of ether oxygens (including phenoxy) is 1. The molecule has 1 aliphatic rings. The van der Waals surface area contributed by atoms with Crippen molar-refractivity contribution in [1.82, 2.24) is 19.4 Å². The molecule has 0 atom stereocenters. The molecule has 0 amide bonds. The highest BCUT2D eigenvalue weighted by molar-refractivity contribution is 5.66. The van der Waals surface area contributed by atoms with E-state index in [-0.39, 0.29) is 0 Å². The van der Waals surface area contributed by atoms with Crippen molar-refractivity contribution < 1.29 is 14.2 Å². The summed E-state index contributed by atoms with van der Waals surface area (Å²) in [5.41, 5.74) is 2.07. The molecular formula is C21H20FN7O2. The van der Waals surface area contributed by atoms with Crippen molar-refractivity contribution in [1.29, 1.82) is 0 Å². The SMILES string of the molecule is Oc1ccc(Nc2nc(Nc3ccn4ccnc4c3)cc(N3CCOCC3)n2)cc1F. The lowest BCUT2D eigenvalue weighted by Crippen LogP contribution is -2.36. The van der Waals surface area contributed by atoms with Gasteiger partial charge in [-0.3, -0.25) is 0 Å². The molecule has 0 bridgehead atoms. The molecule has 1 aliphatic heterocycles. The minimum Gasteiger partial charge on any atom is -0.505 e. The van der Waals surface area contributed by atoms with Gasteiger partial charge in [0, 0.05) is 61.3 Å². The topological polar surface area (TPSA) is 99.8 Å². The molecule has 0 spiro atoms. The second-order valence-corrected chi connectivity index (χ2v) is 7.06. The summed E-state index contributed by atoms with van der Waals surface area (Å²) in [6.07, 6.45) is 5.52. The molecule has 5 rings (SSSR count). The van der Waals surface area contributed by atoms with Crippen LogP contribution < -0.4 is 15.5 Å². The number of hydrogen-bond donors (Lipinski definition) is 3. The zero-order valence-electron chi connectivity index (χ0n) is 16.5. The number of nitrogens with one attached hydrogen (secondary N) is 2. The molecule has 1 aromatic carbocycles. The third-order valence-corrected chi connectivity index (χ3v) is 4.92. The zero-order valence-corrected chi connectivity index (χ0v) is 16.5. The Labute approximate surface area is 177 Å². The Morgan fingerprint density at radius 3 is 2.65 bits per heavy atom. The third kappa shape index (κ3) is 4.19. The fourth-order valence-electron chi connectivity index (χ4n) is 3.36. The van der Waals surface area contributed by atoms with Crippen molar-refractivity contribution in [2.45, 2.75) is 0 Å². The number of morpholine rings is 1. The number of rotatable bonds is 5. The van der Waals surface area contributed by atoms with Gasteiger partial charge in [-0.25, -0.2) is 9.37 Å². The average molecular weight is 421 g/mol. The molecule has 4 heterocycles. The molecule has 3 aromatic heterocycles. The van der Waals surface area contributed by atoms with E-state index >= 15 is 0 Å². The number of aromatic nitrogens is 4. The highest BCUT2D eigenvalue weighted by Crippen LogP contribution is 2.26. The second kappa shape index (κ2) is 8.07. The molecule has 0 saturated carbocycles. The molecule has 9 nitrogen and oxygen atoms in total. The summed E-state index contributed by atoms with van der Waals surface area (Å²) >= 11 is 0. The Kier molecular flexibility index (Phi) is 4.97. The summed E-state index contributed by atoms with van der Waals surface area (Å²) in [6.45, 7) is 2.66. The molecule has 10 heteroatoms. The van der Waals surface area contributed by atoms with Crippen LogP contribution in [0.5, 0.6) is 5.75 Å². The summed E-state index contributed by atoms with van der Waals surface area (Å²) in [5, 5.41) is 15.7. The number of hydrogen-bond acceptors (Lipinski definition) is 8. The normalized spacial score (nSPS) is 14.0. The van der Waals surface area contributed by atoms with Crippen molar-refractivity contribution in [3.8, 4) is 5.75 Å². The fourth-order valence-corrected chi connectivity index (χ4v) is 3.36. The molecule has 0 aliphatic carbocycles. The molecule has 31 heavy (non-hydrogen) atoms. The molecule has 0 unspecified atom stereocenters. The molecule has 158 valence electrons. The smallest absolute Gasteiger partial charge is 0.231 e. The lowest BCUT2D eigenvalue weighted by Gasteiger charge is -2.28. The number of aromatic hydroxyl groups is 1. The average Bonchev–Trinajstić information content (AvgIpc) is 3.25. The predicted molar refractivity (Wildman–Crippen MR) is 115 cm³/mol. The second-order valence-electron chi connectivity index (χ2n) is 7.06. The van der Waals surface area contributed by atoms with E-state index in [2.05, 4.69) is 30.5 Å². The van der Waals surface area contributed by atoms with Gasteiger partial charge < -0.3 is 29.8 Å². The molecule has 4 aromatic rings. The number of nitrogens with zero attached hydrogens (tertiary/aromatic N) is 5.